The molecule has 0 radical (unpaired) electrons. The number of amides is 1. The van der Waals surface area contributed by atoms with E-state index in [9.17, 15) is 4.79 Å². The number of rotatable bonds is 5. The van der Waals surface area contributed by atoms with Crippen molar-refractivity contribution in [1.29, 1.82) is 0 Å². The Morgan fingerprint density at radius 2 is 1.96 bits per heavy atom. The Labute approximate surface area is 152 Å². The predicted molar refractivity (Wildman–Crippen MR) is 102 cm³/mol. The van der Waals surface area contributed by atoms with Gasteiger partial charge in [-0.2, -0.15) is 0 Å². The van der Waals surface area contributed by atoms with Crippen LogP contribution in [0.5, 0.6) is 0 Å². The van der Waals surface area contributed by atoms with Gasteiger partial charge in [0.25, 0.3) is 0 Å². The molecule has 0 spiro atoms. The molecule has 6 heteroatoms. The van der Waals surface area contributed by atoms with E-state index in [1.165, 1.54) is 41.5 Å². The molecule has 2 aliphatic rings. The SMILES string of the molecule is CNC(=O)C(Nc1nc(C2CC2)nc2sc3c(c12)CCCC3)C(C)C. The van der Waals surface area contributed by atoms with Gasteiger partial charge >= 0.3 is 0 Å². The average molecular weight is 359 g/mol. The molecule has 0 aromatic carbocycles. The molecular weight excluding hydrogens is 332 g/mol. The maximum atomic E-state index is 12.3. The van der Waals surface area contributed by atoms with E-state index in [0.29, 0.717) is 5.92 Å². The third-order valence-corrected chi connectivity index (χ3v) is 6.45. The number of carbonyl (C=O) groups excluding carboxylic acids is 1. The first-order valence-corrected chi connectivity index (χ1v) is 10.2. The number of hydrogen-bond acceptors (Lipinski definition) is 5. The van der Waals surface area contributed by atoms with Crippen LogP contribution >= 0.6 is 11.3 Å². The summed E-state index contributed by atoms with van der Waals surface area (Å²) in [4.78, 5) is 24.7. The summed E-state index contributed by atoms with van der Waals surface area (Å²) in [6, 6.07) is -0.283. The number of anilines is 1. The van der Waals surface area contributed by atoms with Crippen molar-refractivity contribution in [2.24, 2.45) is 5.92 Å². The minimum atomic E-state index is -0.283. The van der Waals surface area contributed by atoms with Gasteiger partial charge in [0.05, 0.1) is 5.39 Å². The largest absolute Gasteiger partial charge is 0.358 e. The third-order valence-electron chi connectivity index (χ3n) is 5.26. The molecule has 2 aliphatic carbocycles. The molecule has 2 aromatic heterocycles. The molecule has 1 amide bonds. The number of aromatic nitrogens is 2. The van der Waals surface area contributed by atoms with Crippen molar-refractivity contribution < 1.29 is 4.79 Å². The number of aryl methyl sites for hydroxylation is 2. The van der Waals surface area contributed by atoms with Gasteiger partial charge in [0.15, 0.2) is 0 Å². The van der Waals surface area contributed by atoms with Gasteiger partial charge in [0, 0.05) is 17.8 Å². The normalized spacial score (nSPS) is 18.2. The number of likely N-dealkylation sites (N-methyl/N-ethyl adjacent to an activating group) is 1. The molecule has 1 fully saturated rings. The van der Waals surface area contributed by atoms with Crippen LogP contribution in [0.15, 0.2) is 0 Å². The summed E-state index contributed by atoms with van der Waals surface area (Å²) in [5, 5.41) is 7.42. The van der Waals surface area contributed by atoms with Crippen LogP contribution in [0, 0.1) is 5.92 Å². The highest BCUT2D eigenvalue weighted by molar-refractivity contribution is 7.19. The molecule has 0 saturated heterocycles. The smallest absolute Gasteiger partial charge is 0.242 e. The van der Waals surface area contributed by atoms with E-state index < -0.39 is 0 Å². The molecule has 0 bridgehead atoms. The number of fused-ring (bicyclic) bond motifs is 3. The maximum Gasteiger partial charge on any atom is 0.242 e. The van der Waals surface area contributed by atoms with Crippen molar-refractivity contribution in [3.8, 4) is 0 Å². The standard InChI is InChI=1S/C19H26N4OS/c1-10(2)15(18(24)20-3)21-17-14-12-6-4-5-7-13(12)25-19(14)23-16(22-17)11-8-9-11/h10-11,15H,4-9H2,1-3H3,(H,20,24)(H,21,22,23). The van der Waals surface area contributed by atoms with Crippen molar-refractivity contribution in [2.45, 2.75) is 64.3 Å². The molecule has 5 nitrogen and oxygen atoms in total. The summed E-state index contributed by atoms with van der Waals surface area (Å²) in [6.45, 7) is 4.13. The van der Waals surface area contributed by atoms with Gasteiger partial charge in [-0.1, -0.05) is 13.8 Å². The van der Waals surface area contributed by atoms with Gasteiger partial charge in [-0.25, -0.2) is 9.97 Å². The van der Waals surface area contributed by atoms with Gasteiger partial charge < -0.3 is 10.6 Å². The molecule has 1 saturated carbocycles. The van der Waals surface area contributed by atoms with Crippen LogP contribution in [-0.2, 0) is 17.6 Å². The minimum Gasteiger partial charge on any atom is -0.358 e. The zero-order valence-corrected chi connectivity index (χ0v) is 16.0. The molecule has 2 aromatic rings. The van der Waals surface area contributed by atoms with E-state index >= 15 is 0 Å². The van der Waals surface area contributed by atoms with Crippen LogP contribution < -0.4 is 10.6 Å². The second-order valence-corrected chi connectivity index (χ2v) is 8.66. The van der Waals surface area contributed by atoms with E-state index in [1.54, 1.807) is 7.05 Å². The lowest BCUT2D eigenvalue weighted by molar-refractivity contribution is -0.122. The van der Waals surface area contributed by atoms with Crippen LogP contribution in [-0.4, -0.2) is 29.0 Å². The molecule has 2 N–H and O–H groups in total. The molecule has 1 atom stereocenters. The van der Waals surface area contributed by atoms with Crippen LogP contribution in [0.25, 0.3) is 10.2 Å². The van der Waals surface area contributed by atoms with Crippen molar-refractivity contribution in [2.75, 3.05) is 12.4 Å². The number of nitrogens with zero attached hydrogens (tertiary/aromatic N) is 2. The lowest BCUT2D eigenvalue weighted by Crippen LogP contribution is -2.41. The molecular formula is C19H26N4OS. The topological polar surface area (TPSA) is 66.9 Å². The first-order valence-electron chi connectivity index (χ1n) is 9.38. The van der Waals surface area contributed by atoms with Gasteiger partial charge in [-0.05, 0) is 50.0 Å². The fourth-order valence-electron chi connectivity index (χ4n) is 3.64. The number of carbonyl (C=O) groups is 1. The average Bonchev–Trinajstić information content (AvgIpc) is 3.39. The summed E-state index contributed by atoms with van der Waals surface area (Å²) >= 11 is 1.83. The summed E-state index contributed by atoms with van der Waals surface area (Å²) in [7, 11) is 1.69. The summed E-state index contributed by atoms with van der Waals surface area (Å²) in [5.74, 6) is 2.52. The Kier molecular flexibility index (Phi) is 4.40. The quantitative estimate of drug-likeness (QED) is 0.856. The molecule has 1 unspecified atom stereocenters. The molecule has 4 rings (SSSR count). The summed E-state index contributed by atoms with van der Waals surface area (Å²) < 4.78 is 0. The van der Waals surface area contributed by atoms with Crippen molar-refractivity contribution in [3.63, 3.8) is 0 Å². The summed E-state index contributed by atoms with van der Waals surface area (Å²) in [5.41, 5.74) is 1.41. The predicted octanol–water partition coefficient (Wildman–Crippen LogP) is 3.63. The first-order chi connectivity index (χ1) is 12.1. The molecule has 2 heterocycles. The van der Waals surface area contributed by atoms with Crippen LogP contribution in [0.2, 0.25) is 0 Å². The van der Waals surface area contributed by atoms with Gasteiger partial charge in [0.1, 0.15) is 22.5 Å². The van der Waals surface area contributed by atoms with E-state index in [-0.39, 0.29) is 17.9 Å². The van der Waals surface area contributed by atoms with Crippen molar-refractivity contribution >= 4 is 33.3 Å². The zero-order valence-electron chi connectivity index (χ0n) is 15.2. The van der Waals surface area contributed by atoms with E-state index in [4.69, 9.17) is 9.97 Å². The van der Waals surface area contributed by atoms with Gasteiger partial charge in [-0.3, -0.25) is 4.79 Å². The van der Waals surface area contributed by atoms with Gasteiger partial charge in [0.2, 0.25) is 5.91 Å². The van der Waals surface area contributed by atoms with Gasteiger partial charge in [-0.15, -0.1) is 11.3 Å². The third kappa shape index (κ3) is 3.12. The molecule has 0 aliphatic heterocycles. The highest BCUT2D eigenvalue weighted by Crippen LogP contribution is 2.43. The fourth-order valence-corrected chi connectivity index (χ4v) is 4.91. The van der Waals surface area contributed by atoms with E-state index in [2.05, 4.69) is 24.5 Å². The van der Waals surface area contributed by atoms with Crippen LogP contribution in [0.1, 0.15) is 61.7 Å². The fraction of sp³-hybridized carbons (Fsp3) is 0.632. The van der Waals surface area contributed by atoms with Crippen LogP contribution in [0.4, 0.5) is 5.82 Å². The first kappa shape index (κ1) is 16.8. The Balaban J connectivity index is 1.82. The molecule has 25 heavy (non-hydrogen) atoms. The number of nitrogens with one attached hydrogen (secondary N) is 2. The number of hydrogen-bond donors (Lipinski definition) is 2. The van der Waals surface area contributed by atoms with E-state index in [1.807, 2.05) is 11.3 Å². The maximum absolute atomic E-state index is 12.3. The van der Waals surface area contributed by atoms with E-state index in [0.717, 1.165) is 29.3 Å². The monoisotopic (exact) mass is 358 g/mol. The molecule has 134 valence electrons. The second kappa shape index (κ2) is 6.56. The van der Waals surface area contributed by atoms with Crippen LogP contribution in [0.3, 0.4) is 0 Å². The highest BCUT2D eigenvalue weighted by Gasteiger charge is 2.31. The lowest BCUT2D eigenvalue weighted by atomic mass is 9.96. The Morgan fingerprint density at radius 1 is 1.20 bits per heavy atom. The summed E-state index contributed by atoms with van der Waals surface area (Å²) in [6.07, 6.45) is 7.10. The Morgan fingerprint density at radius 3 is 2.64 bits per heavy atom. The Hall–Kier alpha value is -1.69. The lowest BCUT2D eigenvalue weighted by Gasteiger charge is -2.22. The van der Waals surface area contributed by atoms with Crippen molar-refractivity contribution in [1.82, 2.24) is 15.3 Å². The Bertz CT molecular complexity index is 809. The van der Waals surface area contributed by atoms with Crippen molar-refractivity contribution in [3.05, 3.63) is 16.3 Å². The minimum absolute atomic E-state index is 0.0128. The second-order valence-electron chi connectivity index (χ2n) is 7.58. The zero-order chi connectivity index (χ0) is 17.6. The number of thiophene rings is 1. The highest BCUT2D eigenvalue weighted by atomic mass is 32.1.